The van der Waals surface area contributed by atoms with Crippen LogP contribution in [0.3, 0.4) is 0 Å². The van der Waals surface area contributed by atoms with E-state index in [-0.39, 0.29) is 33.3 Å². The molecule has 0 atom stereocenters. The number of halogens is 3. The fourth-order valence-corrected chi connectivity index (χ4v) is 5.24. The molecule has 0 radical (unpaired) electrons. The standard InChI is InChI=1S/C26H26F3N5O4S/c1-15-5-8-17(9-6-15)39(37,38)34-12-11-19-21(30-14-26(27,28)29)32-24(33-22(19)34)31-16-7-10-18(23(35)36)20(13-16)25(2,3)4/h5-13H,14H2,1-4H3,(H,35,36)(H2,30,31,32,33). The highest BCUT2D eigenvalue weighted by Gasteiger charge is 2.29. The molecule has 0 aliphatic heterocycles. The van der Waals surface area contributed by atoms with E-state index in [9.17, 15) is 31.5 Å². The third-order valence-corrected chi connectivity index (χ3v) is 7.54. The average Bonchev–Trinajstić information content (AvgIpc) is 3.26. The number of rotatable bonds is 7. The molecule has 2 aromatic heterocycles. The summed E-state index contributed by atoms with van der Waals surface area (Å²) in [5, 5.41) is 14.8. The van der Waals surface area contributed by atoms with Gasteiger partial charge in [-0.2, -0.15) is 23.1 Å². The highest BCUT2D eigenvalue weighted by Crippen LogP contribution is 2.32. The Bertz CT molecular complexity index is 1660. The number of carbonyl (C=O) groups is 1. The number of aryl methyl sites for hydroxylation is 1. The van der Waals surface area contributed by atoms with Crippen LogP contribution < -0.4 is 10.6 Å². The molecule has 2 heterocycles. The van der Waals surface area contributed by atoms with Gasteiger partial charge in [0.1, 0.15) is 12.4 Å². The van der Waals surface area contributed by atoms with Crippen LogP contribution in [0.5, 0.6) is 0 Å². The van der Waals surface area contributed by atoms with Crippen molar-refractivity contribution >= 4 is 44.5 Å². The molecule has 0 spiro atoms. The Kier molecular flexibility index (Phi) is 7.06. The van der Waals surface area contributed by atoms with Crippen LogP contribution in [-0.4, -0.2) is 46.2 Å². The SMILES string of the molecule is Cc1ccc(S(=O)(=O)n2ccc3c(NCC(F)(F)F)nc(Nc4ccc(C(=O)O)c(C(C)(C)C)c4)nc32)cc1. The summed E-state index contributed by atoms with van der Waals surface area (Å²) < 4.78 is 66.8. The number of fused-ring (bicyclic) bond motifs is 1. The lowest BCUT2D eigenvalue weighted by atomic mass is 9.83. The molecule has 0 fully saturated rings. The fraction of sp³-hybridized carbons (Fsp3) is 0.269. The van der Waals surface area contributed by atoms with E-state index in [1.165, 1.54) is 36.5 Å². The normalized spacial score (nSPS) is 12.5. The first-order valence-corrected chi connectivity index (χ1v) is 13.2. The van der Waals surface area contributed by atoms with E-state index in [0.717, 1.165) is 9.54 Å². The van der Waals surface area contributed by atoms with E-state index in [1.807, 2.05) is 20.8 Å². The maximum atomic E-state index is 13.4. The topological polar surface area (TPSA) is 126 Å². The second-order valence-electron chi connectivity index (χ2n) is 9.97. The summed E-state index contributed by atoms with van der Waals surface area (Å²) in [5.74, 6) is -1.52. The molecular weight excluding hydrogens is 535 g/mol. The number of nitrogens with zero attached hydrogens (tertiary/aromatic N) is 3. The molecular formula is C26H26F3N5O4S. The van der Waals surface area contributed by atoms with Crippen LogP contribution in [0.15, 0.2) is 59.6 Å². The van der Waals surface area contributed by atoms with Crippen LogP contribution in [0.25, 0.3) is 11.0 Å². The van der Waals surface area contributed by atoms with Gasteiger partial charge in [-0.05, 0) is 54.3 Å². The van der Waals surface area contributed by atoms with Crippen LogP contribution in [0, 0.1) is 6.92 Å². The molecule has 2 aromatic carbocycles. The van der Waals surface area contributed by atoms with Gasteiger partial charge < -0.3 is 15.7 Å². The number of aromatic nitrogens is 3. The first kappa shape index (κ1) is 27.9. The monoisotopic (exact) mass is 561 g/mol. The summed E-state index contributed by atoms with van der Waals surface area (Å²) in [6.45, 7) is 5.91. The predicted molar refractivity (Wildman–Crippen MR) is 141 cm³/mol. The smallest absolute Gasteiger partial charge is 0.405 e. The van der Waals surface area contributed by atoms with Crippen molar-refractivity contribution in [2.24, 2.45) is 0 Å². The Morgan fingerprint density at radius 2 is 1.69 bits per heavy atom. The van der Waals surface area contributed by atoms with Crippen molar-refractivity contribution in [3.8, 4) is 0 Å². The number of hydrogen-bond acceptors (Lipinski definition) is 7. The number of benzene rings is 2. The minimum absolute atomic E-state index is 0.0254. The van der Waals surface area contributed by atoms with Crippen molar-refractivity contribution in [2.75, 3.05) is 17.2 Å². The first-order valence-electron chi connectivity index (χ1n) is 11.7. The molecule has 0 saturated heterocycles. The quantitative estimate of drug-likeness (QED) is 0.263. The third-order valence-electron chi connectivity index (χ3n) is 5.86. The summed E-state index contributed by atoms with van der Waals surface area (Å²) in [4.78, 5) is 20.2. The summed E-state index contributed by atoms with van der Waals surface area (Å²) in [7, 11) is -4.15. The minimum Gasteiger partial charge on any atom is -0.478 e. The lowest BCUT2D eigenvalue weighted by Gasteiger charge is -2.22. The summed E-state index contributed by atoms with van der Waals surface area (Å²) in [6.07, 6.45) is -3.36. The Morgan fingerprint density at radius 3 is 2.28 bits per heavy atom. The predicted octanol–water partition coefficient (Wildman–Crippen LogP) is 5.69. The van der Waals surface area contributed by atoms with Crippen LogP contribution >= 0.6 is 0 Å². The van der Waals surface area contributed by atoms with Gasteiger partial charge in [-0.25, -0.2) is 17.2 Å². The van der Waals surface area contributed by atoms with Crippen LogP contribution in [0.4, 0.5) is 30.6 Å². The van der Waals surface area contributed by atoms with Gasteiger partial charge in [-0.3, -0.25) is 0 Å². The van der Waals surface area contributed by atoms with E-state index in [2.05, 4.69) is 20.6 Å². The molecule has 4 aromatic rings. The van der Waals surface area contributed by atoms with Gasteiger partial charge in [-0.1, -0.05) is 38.5 Å². The maximum Gasteiger partial charge on any atom is 0.405 e. The van der Waals surface area contributed by atoms with Gasteiger partial charge in [0.25, 0.3) is 10.0 Å². The van der Waals surface area contributed by atoms with Crippen molar-refractivity contribution in [1.29, 1.82) is 0 Å². The van der Waals surface area contributed by atoms with Gasteiger partial charge in [0.15, 0.2) is 5.65 Å². The Hall–Kier alpha value is -4.13. The maximum absolute atomic E-state index is 13.4. The van der Waals surface area contributed by atoms with E-state index in [4.69, 9.17) is 0 Å². The highest BCUT2D eigenvalue weighted by atomic mass is 32.2. The Balaban J connectivity index is 1.85. The molecule has 0 bridgehead atoms. The van der Waals surface area contributed by atoms with Crippen molar-refractivity contribution in [1.82, 2.24) is 13.9 Å². The third kappa shape index (κ3) is 5.98. The second-order valence-corrected chi connectivity index (χ2v) is 11.8. The van der Waals surface area contributed by atoms with Crippen LogP contribution in [-0.2, 0) is 15.4 Å². The zero-order valence-electron chi connectivity index (χ0n) is 21.5. The van der Waals surface area contributed by atoms with E-state index < -0.39 is 34.1 Å². The van der Waals surface area contributed by atoms with Gasteiger partial charge in [0, 0.05) is 11.9 Å². The number of carboxylic acids is 1. The van der Waals surface area contributed by atoms with Crippen molar-refractivity contribution in [2.45, 2.75) is 44.2 Å². The number of alkyl halides is 3. The molecule has 0 saturated carbocycles. The van der Waals surface area contributed by atoms with Gasteiger partial charge in [0.05, 0.1) is 15.8 Å². The first-order chi connectivity index (χ1) is 18.1. The molecule has 4 rings (SSSR count). The number of nitrogens with one attached hydrogen (secondary N) is 2. The number of carboxylic acid groups (broad SMARTS) is 1. The van der Waals surface area contributed by atoms with Crippen molar-refractivity contribution in [3.05, 3.63) is 71.4 Å². The Labute approximate surface area is 222 Å². The summed E-state index contributed by atoms with van der Waals surface area (Å²) >= 11 is 0. The molecule has 39 heavy (non-hydrogen) atoms. The zero-order valence-corrected chi connectivity index (χ0v) is 22.3. The molecule has 0 unspecified atom stereocenters. The lowest BCUT2D eigenvalue weighted by Crippen LogP contribution is -2.22. The van der Waals surface area contributed by atoms with E-state index in [1.54, 1.807) is 25.1 Å². The fourth-order valence-electron chi connectivity index (χ4n) is 3.94. The zero-order chi connectivity index (χ0) is 28.8. The molecule has 0 aliphatic carbocycles. The van der Waals surface area contributed by atoms with Gasteiger partial charge in [0.2, 0.25) is 5.95 Å². The van der Waals surface area contributed by atoms with E-state index >= 15 is 0 Å². The van der Waals surface area contributed by atoms with Crippen LogP contribution in [0.1, 0.15) is 42.3 Å². The summed E-state index contributed by atoms with van der Waals surface area (Å²) in [6, 6.07) is 11.9. The molecule has 0 amide bonds. The Morgan fingerprint density at radius 1 is 1.03 bits per heavy atom. The number of anilines is 3. The van der Waals surface area contributed by atoms with Gasteiger partial charge >= 0.3 is 12.1 Å². The van der Waals surface area contributed by atoms with Crippen molar-refractivity contribution in [3.63, 3.8) is 0 Å². The van der Waals surface area contributed by atoms with E-state index in [0.29, 0.717) is 11.3 Å². The largest absolute Gasteiger partial charge is 0.478 e. The number of aromatic carboxylic acids is 1. The lowest BCUT2D eigenvalue weighted by molar-refractivity contribution is -0.115. The highest BCUT2D eigenvalue weighted by molar-refractivity contribution is 7.90. The van der Waals surface area contributed by atoms with Crippen LogP contribution in [0.2, 0.25) is 0 Å². The molecule has 13 heteroatoms. The van der Waals surface area contributed by atoms with Crippen molar-refractivity contribution < 1.29 is 31.5 Å². The minimum atomic E-state index is -4.56. The van der Waals surface area contributed by atoms with Gasteiger partial charge in [-0.15, -0.1) is 0 Å². The molecule has 9 nitrogen and oxygen atoms in total. The number of hydrogen-bond donors (Lipinski definition) is 3. The molecule has 3 N–H and O–H groups in total. The summed E-state index contributed by atoms with van der Waals surface area (Å²) in [5.41, 5.74) is 1.12. The second kappa shape index (κ2) is 9.88. The molecule has 206 valence electrons. The molecule has 0 aliphatic rings. The average molecular weight is 562 g/mol.